The van der Waals surface area contributed by atoms with Gasteiger partial charge in [-0.15, -0.1) is 0 Å². The Kier molecular flexibility index (Phi) is 5.30. The summed E-state index contributed by atoms with van der Waals surface area (Å²) < 4.78 is 5.64. The molecule has 0 radical (unpaired) electrons. The molecule has 1 fully saturated rings. The number of carbonyl (C=O) groups is 1. The Morgan fingerprint density at radius 3 is 2.75 bits per heavy atom. The van der Waals surface area contributed by atoms with Gasteiger partial charge in [0.1, 0.15) is 5.75 Å². The second-order valence-electron chi connectivity index (χ2n) is 5.57. The van der Waals surface area contributed by atoms with Gasteiger partial charge in [-0.2, -0.15) is 0 Å². The molecule has 0 bridgehead atoms. The lowest BCUT2D eigenvalue weighted by Gasteiger charge is -2.30. The molecule has 3 nitrogen and oxygen atoms in total. The molecule has 3 atom stereocenters. The average molecular weight is 296 g/mol. The largest absolute Gasteiger partial charge is 0.479 e. The van der Waals surface area contributed by atoms with Crippen molar-refractivity contribution in [1.29, 1.82) is 0 Å². The van der Waals surface area contributed by atoms with E-state index in [2.05, 4.69) is 12.2 Å². The fourth-order valence-corrected chi connectivity index (χ4v) is 2.80. The van der Waals surface area contributed by atoms with Gasteiger partial charge in [0.05, 0.1) is 5.02 Å². The van der Waals surface area contributed by atoms with E-state index in [0.29, 0.717) is 16.7 Å². The maximum absolute atomic E-state index is 12.2. The summed E-state index contributed by atoms with van der Waals surface area (Å²) in [5, 5.41) is 3.63. The van der Waals surface area contributed by atoms with Crippen molar-refractivity contribution in [3.8, 4) is 5.75 Å². The van der Waals surface area contributed by atoms with Crippen LogP contribution in [0.4, 0.5) is 0 Å². The molecule has 0 saturated heterocycles. The van der Waals surface area contributed by atoms with Crippen LogP contribution in [0.1, 0.15) is 39.5 Å². The minimum Gasteiger partial charge on any atom is -0.479 e. The molecular formula is C16H22ClNO2. The summed E-state index contributed by atoms with van der Waals surface area (Å²) in [4.78, 5) is 12.2. The molecule has 1 amide bonds. The number of nitrogens with one attached hydrogen (secondary N) is 1. The zero-order chi connectivity index (χ0) is 14.5. The van der Waals surface area contributed by atoms with E-state index in [1.54, 1.807) is 19.1 Å². The van der Waals surface area contributed by atoms with E-state index in [4.69, 9.17) is 16.3 Å². The molecule has 0 aromatic heterocycles. The summed E-state index contributed by atoms with van der Waals surface area (Å²) in [6.07, 6.45) is 4.16. The number of rotatable bonds is 4. The van der Waals surface area contributed by atoms with E-state index < -0.39 is 6.10 Å². The van der Waals surface area contributed by atoms with Crippen LogP contribution in [0, 0.1) is 5.92 Å². The standard InChI is InChI=1S/C16H22ClNO2/c1-11-7-3-5-9-14(11)18-16(19)12(2)20-15-10-6-4-8-13(15)17/h4,6,8,10-12,14H,3,5,7,9H2,1-2H3,(H,18,19)/t11-,12+,14-/m0/s1. The van der Waals surface area contributed by atoms with E-state index in [1.807, 2.05) is 12.1 Å². The van der Waals surface area contributed by atoms with Gasteiger partial charge >= 0.3 is 0 Å². The van der Waals surface area contributed by atoms with Crippen LogP contribution in [0.2, 0.25) is 5.02 Å². The van der Waals surface area contributed by atoms with Gasteiger partial charge in [-0.1, -0.05) is 43.5 Å². The van der Waals surface area contributed by atoms with Crippen LogP contribution in [0.15, 0.2) is 24.3 Å². The summed E-state index contributed by atoms with van der Waals surface area (Å²) in [7, 11) is 0. The number of hydrogen-bond acceptors (Lipinski definition) is 2. The number of para-hydroxylation sites is 1. The molecular weight excluding hydrogens is 274 g/mol. The van der Waals surface area contributed by atoms with Crippen LogP contribution in [0.25, 0.3) is 0 Å². The summed E-state index contributed by atoms with van der Waals surface area (Å²) in [6.45, 7) is 3.95. The van der Waals surface area contributed by atoms with Crippen molar-refractivity contribution < 1.29 is 9.53 Å². The first kappa shape index (κ1) is 15.2. The maximum atomic E-state index is 12.2. The second kappa shape index (κ2) is 6.98. The summed E-state index contributed by atoms with van der Waals surface area (Å²) >= 11 is 6.03. The number of carbonyl (C=O) groups excluding carboxylic acids is 1. The third-order valence-corrected chi connectivity index (χ3v) is 4.26. The van der Waals surface area contributed by atoms with Crippen molar-refractivity contribution >= 4 is 17.5 Å². The van der Waals surface area contributed by atoms with E-state index in [9.17, 15) is 4.79 Å². The first-order valence-electron chi connectivity index (χ1n) is 7.29. The molecule has 0 heterocycles. The monoisotopic (exact) mass is 295 g/mol. The summed E-state index contributed by atoms with van der Waals surface area (Å²) in [5.74, 6) is 1.03. The average Bonchev–Trinajstić information content (AvgIpc) is 2.43. The molecule has 1 aromatic carbocycles. The Balaban J connectivity index is 1.90. The molecule has 1 saturated carbocycles. The Hall–Kier alpha value is -1.22. The normalized spacial score (nSPS) is 23.9. The van der Waals surface area contributed by atoms with Crippen molar-refractivity contribution in [2.45, 2.75) is 51.7 Å². The highest BCUT2D eigenvalue weighted by molar-refractivity contribution is 6.32. The predicted octanol–water partition coefficient (Wildman–Crippen LogP) is 3.80. The number of hydrogen-bond donors (Lipinski definition) is 1. The maximum Gasteiger partial charge on any atom is 0.261 e. The summed E-state index contributed by atoms with van der Waals surface area (Å²) in [6, 6.07) is 7.48. The molecule has 20 heavy (non-hydrogen) atoms. The third-order valence-electron chi connectivity index (χ3n) is 3.95. The van der Waals surface area contributed by atoms with Crippen molar-refractivity contribution in [1.82, 2.24) is 5.32 Å². The quantitative estimate of drug-likeness (QED) is 0.917. The zero-order valence-electron chi connectivity index (χ0n) is 12.1. The molecule has 1 N–H and O–H groups in total. The minimum atomic E-state index is -0.538. The first-order valence-corrected chi connectivity index (χ1v) is 7.67. The van der Waals surface area contributed by atoms with Crippen molar-refractivity contribution in [2.75, 3.05) is 0 Å². The number of amides is 1. The first-order chi connectivity index (χ1) is 9.58. The third kappa shape index (κ3) is 3.89. The summed E-state index contributed by atoms with van der Waals surface area (Å²) in [5.41, 5.74) is 0. The lowest BCUT2D eigenvalue weighted by atomic mass is 9.86. The number of benzene rings is 1. The van der Waals surface area contributed by atoms with E-state index in [0.717, 1.165) is 6.42 Å². The molecule has 1 aliphatic rings. The lowest BCUT2D eigenvalue weighted by molar-refractivity contribution is -0.128. The van der Waals surface area contributed by atoms with Gasteiger partial charge in [-0.25, -0.2) is 0 Å². The zero-order valence-corrected chi connectivity index (χ0v) is 12.8. The van der Waals surface area contributed by atoms with Gasteiger partial charge in [0.2, 0.25) is 0 Å². The van der Waals surface area contributed by atoms with Crippen molar-refractivity contribution in [3.63, 3.8) is 0 Å². The van der Waals surface area contributed by atoms with Crippen molar-refractivity contribution in [3.05, 3.63) is 29.3 Å². The van der Waals surface area contributed by atoms with Gasteiger partial charge in [-0.05, 0) is 37.8 Å². The second-order valence-corrected chi connectivity index (χ2v) is 5.97. The van der Waals surface area contributed by atoms with Crippen LogP contribution >= 0.6 is 11.6 Å². The fourth-order valence-electron chi connectivity index (χ4n) is 2.62. The van der Waals surface area contributed by atoms with E-state index in [1.165, 1.54) is 19.3 Å². The number of ether oxygens (including phenoxy) is 1. The van der Waals surface area contributed by atoms with E-state index >= 15 is 0 Å². The molecule has 110 valence electrons. The molecule has 4 heteroatoms. The topological polar surface area (TPSA) is 38.3 Å². The SMILES string of the molecule is C[C@@H](Oc1ccccc1Cl)C(=O)N[C@H]1CCCC[C@@H]1C. The molecule has 1 aliphatic carbocycles. The lowest BCUT2D eigenvalue weighted by Crippen LogP contribution is -2.46. The van der Waals surface area contributed by atoms with Gasteiger partial charge in [0, 0.05) is 6.04 Å². The molecule has 0 unspecified atom stereocenters. The smallest absolute Gasteiger partial charge is 0.261 e. The minimum absolute atomic E-state index is 0.0660. The molecule has 0 spiro atoms. The highest BCUT2D eigenvalue weighted by Gasteiger charge is 2.25. The highest BCUT2D eigenvalue weighted by Crippen LogP contribution is 2.25. The van der Waals surface area contributed by atoms with Gasteiger partial charge in [-0.3, -0.25) is 4.79 Å². The Labute approximate surface area is 125 Å². The predicted molar refractivity (Wildman–Crippen MR) is 81.1 cm³/mol. The molecule has 1 aromatic rings. The Morgan fingerprint density at radius 1 is 1.35 bits per heavy atom. The van der Waals surface area contributed by atoms with Crippen molar-refractivity contribution in [2.24, 2.45) is 5.92 Å². The van der Waals surface area contributed by atoms with Crippen LogP contribution in [0.5, 0.6) is 5.75 Å². The Morgan fingerprint density at radius 2 is 2.05 bits per heavy atom. The fraction of sp³-hybridized carbons (Fsp3) is 0.562. The van der Waals surface area contributed by atoms with Gasteiger partial charge in [0.15, 0.2) is 6.10 Å². The molecule has 0 aliphatic heterocycles. The number of halogens is 1. The van der Waals surface area contributed by atoms with Gasteiger partial charge < -0.3 is 10.1 Å². The van der Waals surface area contributed by atoms with Crippen LogP contribution < -0.4 is 10.1 Å². The van der Waals surface area contributed by atoms with Crippen LogP contribution in [-0.2, 0) is 4.79 Å². The molecule has 2 rings (SSSR count). The van der Waals surface area contributed by atoms with Crippen LogP contribution in [-0.4, -0.2) is 18.1 Å². The van der Waals surface area contributed by atoms with E-state index in [-0.39, 0.29) is 11.9 Å². The highest BCUT2D eigenvalue weighted by atomic mass is 35.5. The van der Waals surface area contributed by atoms with Gasteiger partial charge in [0.25, 0.3) is 5.91 Å². The van der Waals surface area contributed by atoms with Crippen LogP contribution in [0.3, 0.4) is 0 Å². The Bertz CT molecular complexity index is 464.